The van der Waals surface area contributed by atoms with Crippen LogP contribution in [0.4, 0.5) is 0 Å². The van der Waals surface area contributed by atoms with Gasteiger partial charge in [0.25, 0.3) is 0 Å². The summed E-state index contributed by atoms with van der Waals surface area (Å²) < 4.78 is 7.76. The summed E-state index contributed by atoms with van der Waals surface area (Å²) >= 11 is 14.4. The van der Waals surface area contributed by atoms with Gasteiger partial charge < -0.3 is 0 Å². The molecule has 0 saturated carbocycles. The van der Waals surface area contributed by atoms with E-state index in [1.165, 1.54) is 0 Å². The van der Waals surface area contributed by atoms with E-state index in [1.54, 1.807) is 0 Å². The molecule has 6 heteroatoms. The van der Waals surface area contributed by atoms with Crippen molar-refractivity contribution in [3.63, 3.8) is 0 Å². The van der Waals surface area contributed by atoms with E-state index < -0.39 is 13.0 Å². The van der Waals surface area contributed by atoms with Crippen molar-refractivity contribution in [3.8, 4) is 0 Å². The maximum Gasteiger partial charge on any atom is 0.491 e. The van der Waals surface area contributed by atoms with Gasteiger partial charge >= 0.3 is 8.69 Å². The zero-order valence-electron chi connectivity index (χ0n) is 3.07. The van der Waals surface area contributed by atoms with Crippen LogP contribution in [0.15, 0.2) is 0 Å². The second-order valence-corrected chi connectivity index (χ2v) is 2.50. The second kappa shape index (κ2) is 10.0. The van der Waals surface area contributed by atoms with E-state index in [2.05, 4.69) is 0 Å². The van der Waals surface area contributed by atoms with Crippen LogP contribution in [0.25, 0.3) is 0 Å². The first-order chi connectivity index (χ1) is 3.15. The lowest BCUT2D eigenvalue weighted by molar-refractivity contribution is 0.524. The predicted octanol–water partition coefficient (Wildman–Crippen LogP) is 1.90. The summed E-state index contributed by atoms with van der Waals surface area (Å²) in [5.74, 6) is 0. The molecule has 0 saturated heterocycles. The lowest BCUT2D eigenvalue weighted by Gasteiger charge is -1.69. The minimum atomic E-state index is -1.17. The molecule has 0 aliphatic rings. The normalized spacial score (nSPS) is 8.14. The number of halogens is 3. The van der Waals surface area contributed by atoms with Crippen LogP contribution < -0.4 is 0 Å². The van der Waals surface area contributed by atoms with Gasteiger partial charge in [0.1, 0.15) is 0 Å². The van der Waals surface area contributed by atoms with Crippen molar-refractivity contribution in [1.82, 2.24) is 0 Å². The van der Waals surface area contributed by atoms with Crippen LogP contribution in [0.1, 0.15) is 0 Å². The molecule has 0 heterocycles. The molecule has 44 valence electrons. The van der Waals surface area contributed by atoms with Crippen molar-refractivity contribution >= 4 is 43.5 Å². The van der Waals surface area contributed by atoms with E-state index in [4.69, 9.17) is 44.3 Å². The highest BCUT2D eigenvalue weighted by molar-refractivity contribution is 7.16. The maximum atomic E-state index is 8.51. The summed E-state index contributed by atoms with van der Waals surface area (Å²) in [7, 11) is -1.17. The van der Waals surface area contributed by atoms with Crippen molar-refractivity contribution in [2.24, 2.45) is 0 Å². The van der Waals surface area contributed by atoms with E-state index in [0.717, 1.165) is 0 Å². The predicted molar refractivity (Wildman–Crippen MR) is 32.6 cm³/mol. The standard InChI is InChI=1S/CHCl3.HO2P/c2-1(3)4;1-3-2/h1H;3H/p+1. The van der Waals surface area contributed by atoms with Crippen molar-refractivity contribution < 1.29 is 9.46 Å². The average molecular weight is 184 g/mol. The Balaban J connectivity index is 0. The topological polar surface area (TPSA) is 37.3 Å². The molecule has 0 rings (SSSR count). The van der Waals surface area contributed by atoms with Gasteiger partial charge in [0.15, 0.2) is 4.30 Å². The highest BCUT2D eigenvalue weighted by atomic mass is 35.6. The van der Waals surface area contributed by atoms with Gasteiger partial charge in [-0.3, -0.25) is 0 Å². The minimum Gasteiger partial charge on any atom is -0.162 e. The van der Waals surface area contributed by atoms with Gasteiger partial charge in [-0.2, -0.15) is 4.89 Å². The summed E-state index contributed by atoms with van der Waals surface area (Å²) in [4.78, 5) is 7.04. The molecule has 0 aliphatic carbocycles. The molecule has 1 atom stereocenters. The summed E-state index contributed by atoms with van der Waals surface area (Å²) in [5.41, 5.74) is 0. The maximum absolute atomic E-state index is 8.51. The Morgan fingerprint density at radius 1 is 1.43 bits per heavy atom. The van der Waals surface area contributed by atoms with Gasteiger partial charge in [-0.15, -0.1) is 0 Å². The summed E-state index contributed by atoms with van der Waals surface area (Å²) in [6.45, 7) is 0. The molecule has 0 spiro atoms. The molecule has 0 bridgehead atoms. The zero-order chi connectivity index (χ0) is 6.28. The van der Waals surface area contributed by atoms with E-state index in [9.17, 15) is 0 Å². The second-order valence-electron chi connectivity index (χ2n) is 0.339. The first-order valence-electron chi connectivity index (χ1n) is 1.08. The number of rotatable bonds is 0. The third-order valence-corrected chi connectivity index (χ3v) is 0. The van der Waals surface area contributed by atoms with Crippen molar-refractivity contribution in [2.45, 2.75) is 4.30 Å². The van der Waals surface area contributed by atoms with Gasteiger partial charge in [0.2, 0.25) is 0 Å². The van der Waals surface area contributed by atoms with Crippen molar-refractivity contribution in [1.29, 1.82) is 0 Å². The van der Waals surface area contributed by atoms with E-state index in [0.29, 0.717) is 0 Å². The average Bonchev–Trinajstić information content (AvgIpc) is 1.33. The highest BCUT2D eigenvalue weighted by Gasteiger charge is 1.78. The molecule has 7 heavy (non-hydrogen) atoms. The van der Waals surface area contributed by atoms with Crippen LogP contribution in [0.5, 0.6) is 0 Å². The van der Waals surface area contributed by atoms with E-state index in [1.807, 2.05) is 0 Å². The number of alkyl halides is 3. The van der Waals surface area contributed by atoms with Crippen LogP contribution in [-0.4, -0.2) is 9.19 Å². The Morgan fingerprint density at radius 2 is 1.43 bits per heavy atom. The smallest absolute Gasteiger partial charge is 0.162 e. The first kappa shape index (κ1) is 10.8. The Bertz CT molecular complexity index is 37.2. The van der Waals surface area contributed by atoms with Crippen molar-refractivity contribution in [2.75, 3.05) is 0 Å². The van der Waals surface area contributed by atoms with Gasteiger partial charge in [0.05, 0.1) is 0 Å². The Morgan fingerprint density at radius 3 is 1.43 bits per heavy atom. The Labute approximate surface area is 57.7 Å². The van der Waals surface area contributed by atoms with Crippen molar-refractivity contribution in [3.05, 3.63) is 0 Å². The Kier molecular flexibility index (Phi) is 15.5. The third kappa shape index (κ3) is 195. The SMILES string of the molecule is ClC(Cl)Cl.O=[PH+]O. The molecule has 0 aromatic heterocycles. The fraction of sp³-hybridized carbons (Fsp3) is 1.00. The van der Waals surface area contributed by atoms with Crippen LogP contribution in [-0.2, 0) is 4.57 Å². The van der Waals surface area contributed by atoms with Gasteiger partial charge in [0, 0.05) is 0 Å². The molecule has 0 fully saturated rings. The third-order valence-electron chi connectivity index (χ3n) is 0. The van der Waals surface area contributed by atoms with Gasteiger partial charge in [-0.1, -0.05) is 34.8 Å². The zero-order valence-corrected chi connectivity index (χ0v) is 6.33. The molecular weight excluding hydrogens is 181 g/mol. The van der Waals surface area contributed by atoms with Gasteiger partial charge in [-0.25, -0.2) is 0 Å². The lowest BCUT2D eigenvalue weighted by Crippen LogP contribution is -1.55. The summed E-state index contributed by atoms with van der Waals surface area (Å²) in [5, 5.41) is 0. The minimum absolute atomic E-state index is 0.750. The molecular formula is CH3Cl3O2P+. The van der Waals surface area contributed by atoms with Crippen LogP contribution >= 0.6 is 43.5 Å². The molecule has 2 nitrogen and oxygen atoms in total. The molecule has 0 aliphatic heterocycles. The monoisotopic (exact) mass is 183 g/mol. The number of hydrogen-bond donors (Lipinski definition) is 1. The van der Waals surface area contributed by atoms with E-state index in [-0.39, 0.29) is 0 Å². The van der Waals surface area contributed by atoms with Crippen LogP contribution in [0.3, 0.4) is 0 Å². The highest BCUT2D eigenvalue weighted by Crippen LogP contribution is 2.03. The molecule has 1 unspecified atom stereocenters. The molecule has 0 radical (unpaired) electrons. The van der Waals surface area contributed by atoms with Crippen LogP contribution in [0, 0.1) is 0 Å². The van der Waals surface area contributed by atoms with Gasteiger partial charge in [-0.05, 0) is 4.57 Å². The molecule has 0 amide bonds. The molecule has 1 N–H and O–H groups in total. The lowest BCUT2D eigenvalue weighted by atomic mass is 11.9. The van der Waals surface area contributed by atoms with E-state index >= 15 is 0 Å². The molecule has 0 aromatic carbocycles. The number of hydrogen-bond acceptors (Lipinski definition) is 1. The summed E-state index contributed by atoms with van der Waals surface area (Å²) in [6, 6.07) is 0. The molecule has 0 aromatic rings. The Hall–Kier alpha value is 0.930. The largest absolute Gasteiger partial charge is 0.491 e. The van der Waals surface area contributed by atoms with Crippen LogP contribution in [0.2, 0.25) is 0 Å². The quantitative estimate of drug-likeness (QED) is 0.461. The summed E-state index contributed by atoms with van der Waals surface area (Å²) in [6.07, 6.45) is 0. The fourth-order valence-electron chi connectivity index (χ4n) is 0. The fourth-order valence-corrected chi connectivity index (χ4v) is 0. The first-order valence-corrected chi connectivity index (χ1v) is 3.25.